The number of halogens is 1. The van der Waals surface area contributed by atoms with Crippen molar-refractivity contribution < 1.29 is 14.6 Å². The summed E-state index contributed by atoms with van der Waals surface area (Å²) in [7, 11) is 0. The van der Waals surface area contributed by atoms with Crippen molar-refractivity contribution in [3.63, 3.8) is 0 Å². The number of nitrogens with zero attached hydrogens (tertiary/aromatic N) is 1. The Morgan fingerprint density at radius 3 is 2.78 bits per heavy atom. The van der Waals surface area contributed by atoms with E-state index in [1.807, 2.05) is 19.9 Å². The molecule has 6 heteroatoms. The number of ether oxygens (including phenoxy) is 1. The molecule has 120 valence electrons. The van der Waals surface area contributed by atoms with Gasteiger partial charge in [0.2, 0.25) is 0 Å². The minimum Gasteiger partial charge on any atom is -0.507 e. The van der Waals surface area contributed by atoms with Crippen LogP contribution in [-0.4, -0.2) is 23.8 Å². The zero-order chi connectivity index (χ0) is 16.8. The number of phenolic OH excluding ortho intramolecular Hbond substituents is 1. The lowest BCUT2D eigenvalue weighted by Gasteiger charge is -2.08. The Labute approximate surface area is 139 Å². The number of hydrogen-bond acceptors (Lipinski definition) is 4. The highest BCUT2D eigenvalue weighted by atomic mass is 35.5. The molecule has 2 N–H and O–H groups in total. The Hall–Kier alpha value is -2.53. The number of carbonyl (C=O) groups is 1. The van der Waals surface area contributed by atoms with Gasteiger partial charge in [-0.25, -0.2) is 5.43 Å². The normalized spacial score (nSPS) is 10.7. The van der Waals surface area contributed by atoms with Crippen LogP contribution < -0.4 is 10.2 Å². The zero-order valence-corrected chi connectivity index (χ0v) is 13.6. The molecule has 5 nitrogen and oxygen atoms in total. The van der Waals surface area contributed by atoms with Crippen LogP contribution in [0.15, 0.2) is 41.5 Å². The van der Waals surface area contributed by atoms with E-state index in [0.717, 1.165) is 11.1 Å². The van der Waals surface area contributed by atoms with Gasteiger partial charge in [0.05, 0.1) is 6.21 Å². The molecule has 0 aromatic heterocycles. The van der Waals surface area contributed by atoms with Gasteiger partial charge in [-0.1, -0.05) is 17.7 Å². The van der Waals surface area contributed by atoms with Crippen molar-refractivity contribution in [3.8, 4) is 11.5 Å². The lowest BCUT2D eigenvalue weighted by molar-refractivity contribution is -0.123. The van der Waals surface area contributed by atoms with Crippen molar-refractivity contribution in [3.05, 3.63) is 58.1 Å². The smallest absolute Gasteiger partial charge is 0.277 e. The summed E-state index contributed by atoms with van der Waals surface area (Å²) < 4.78 is 5.40. The first-order valence-electron chi connectivity index (χ1n) is 6.96. The van der Waals surface area contributed by atoms with Gasteiger partial charge in [0.1, 0.15) is 11.5 Å². The summed E-state index contributed by atoms with van der Waals surface area (Å²) in [6, 6.07) is 10.3. The first-order valence-corrected chi connectivity index (χ1v) is 7.34. The van der Waals surface area contributed by atoms with Gasteiger partial charge in [0, 0.05) is 10.6 Å². The number of aryl methyl sites for hydroxylation is 2. The van der Waals surface area contributed by atoms with Crippen LogP contribution >= 0.6 is 11.6 Å². The maximum atomic E-state index is 11.7. The van der Waals surface area contributed by atoms with E-state index in [9.17, 15) is 9.90 Å². The molecule has 2 aromatic rings. The molecule has 0 heterocycles. The highest BCUT2D eigenvalue weighted by Gasteiger charge is 2.05. The van der Waals surface area contributed by atoms with Crippen LogP contribution in [0.5, 0.6) is 11.5 Å². The number of rotatable bonds is 5. The molecule has 0 saturated heterocycles. The Balaban J connectivity index is 1.86. The van der Waals surface area contributed by atoms with Crippen LogP contribution in [0.2, 0.25) is 5.02 Å². The van der Waals surface area contributed by atoms with Gasteiger partial charge in [-0.2, -0.15) is 5.10 Å². The Morgan fingerprint density at radius 2 is 2.09 bits per heavy atom. The molecule has 0 saturated carbocycles. The van der Waals surface area contributed by atoms with E-state index in [1.54, 1.807) is 30.3 Å². The lowest BCUT2D eigenvalue weighted by Crippen LogP contribution is -2.24. The summed E-state index contributed by atoms with van der Waals surface area (Å²) >= 11 is 5.85. The number of carbonyl (C=O) groups excluding carboxylic acids is 1. The van der Waals surface area contributed by atoms with Crippen molar-refractivity contribution in [2.45, 2.75) is 13.8 Å². The van der Waals surface area contributed by atoms with Gasteiger partial charge in [0.25, 0.3) is 5.91 Å². The van der Waals surface area contributed by atoms with Crippen LogP contribution in [0.1, 0.15) is 16.7 Å². The second-order valence-corrected chi connectivity index (χ2v) is 5.49. The molecule has 0 aliphatic rings. The van der Waals surface area contributed by atoms with E-state index in [0.29, 0.717) is 16.3 Å². The second kappa shape index (κ2) is 7.65. The number of phenols is 1. The molecular weight excluding hydrogens is 316 g/mol. The third-order valence-electron chi connectivity index (χ3n) is 3.07. The molecule has 2 aromatic carbocycles. The van der Waals surface area contributed by atoms with Gasteiger partial charge >= 0.3 is 0 Å². The van der Waals surface area contributed by atoms with Crippen molar-refractivity contribution in [2.24, 2.45) is 5.10 Å². The van der Waals surface area contributed by atoms with Crippen molar-refractivity contribution >= 4 is 23.7 Å². The molecule has 0 aliphatic heterocycles. The van der Waals surface area contributed by atoms with E-state index in [1.165, 1.54) is 6.21 Å². The van der Waals surface area contributed by atoms with E-state index >= 15 is 0 Å². The van der Waals surface area contributed by atoms with Crippen LogP contribution in [0, 0.1) is 13.8 Å². The molecule has 0 bridgehead atoms. The van der Waals surface area contributed by atoms with Crippen molar-refractivity contribution in [1.29, 1.82) is 0 Å². The monoisotopic (exact) mass is 332 g/mol. The summed E-state index contributed by atoms with van der Waals surface area (Å²) in [5, 5.41) is 14.1. The first kappa shape index (κ1) is 16.8. The number of hydrazone groups is 1. The SMILES string of the molecule is Cc1ccc(/C=N/NC(=O)COc2ccc(Cl)cc2C)c(O)c1. The minimum atomic E-state index is -0.401. The Morgan fingerprint density at radius 1 is 1.30 bits per heavy atom. The van der Waals surface area contributed by atoms with Crippen LogP contribution in [0.4, 0.5) is 0 Å². The number of hydrogen-bond donors (Lipinski definition) is 2. The topological polar surface area (TPSA) is 70.9 Å². The van der Waals surface area contributed by atoms with Crippen molar-refractivity contribution in [1.82, 2.24) is 5.43 Å². The maximum absolute atomic E-state index is 11.7. The van der Waals surface area contributed by atoms with Gasteiger partial charge in [-0.05, 0) is 55.3 Å². The van der Waals surface area contributed by atoms with Crippen LogP contribution in [0.25, 0.3) is 0 Å². The summed E-state index contributed by atoms with van der Waals surface area (Å²) in [5.41, 5.74) is 4.65. The quantitative estimate of drug-likeness (QED) is 0.652. The van der Waals surface area contributed by atoms with Crippen molar-refractivity contribution in [2.75, 3.05) is 6.61 Å². The number of benzene rings is 2. The standard InChI is InChI=1S/C17H17ClN2O3/c1-11-3-4-13(15(21)7-11)9-19-20-17(22)10-23-16-6-5-14(18)8-12(16)2/h3-9,21H,10H2,1-2H3,(H,20,22)/b19-9+. The highest BCUT2D eigenvalue weighted by Crippen LogP contribution is 2.21. The third-order valence-corrected chi connectivity index (χ3v) is 3.31. The molecule has 0 aliphatic carbocycles. The minimum absolute atomic E-state index is 0.107. The predicted molar refractivity (Wildman–Crippen MR) is 90.3 cm³/mol. The fraction of sp³-hybridized carbons (Fsp3) is 0.176. The van der Waals surface area contributed by atoms with Gasteiger partial charge in [0.15, 0.2) is 6.61 Å². The third kappa shape index (κ3) is 5.00. The summed E-state index contributed by atoms with van der Waals surface area (Å²) in [6.45, 7) is 3.55. The molecule has 0 unspecified atom stereocenters. The fourth-order valence-corrected chi connectivity index (χ4v) is 2.11. The first-order chi connectivity index (χ1) is 11.0. The van der Waals surface area contributed by atoms with Gasteiger partial charge < -0.3 is 9.84 Å². The molecule has 0 atom stereocenters. The van der Waals surface area contributed by atoms with Gasteiger partial charge in [-0.3, -0.25) is 4.79 Å². The predicted octanol–water partition coefficient (Wildman–Crippen LogP) is 3.19. The van der Waals surface area contributed by atoms with E-state index in [4.69, 9.17) is 16.3 Å². The number of aromatic hydroxyl groups is 1. The Bertz CT molecular complexity index is 745. The fourth-order valence-electron chi connectivity index (χ4n) is 1.89. The number of nitrogens with one attached hydrogen (secondary N) is 1. The molecule has 23 heavy (non-hydrogen) atoms. The maximum Gasteiger partial charge on any atom is 0.277 e. The summed E-state index contributed by atoms with van der Waals surface area (Å²) in [6.07, 6.45) is 1.38. The summed E-state index contributed by atoms with van der Waals surface area (Å²) in [4.78, 5) is 11.7. The number of amides is 1. The molecule has 0 fully saturated rings. The molecular formula is C17H17ClN2O3. The van der Waals surface area contributed by atoms with E-state index in [2.05, 4.69) is 10.5 Å². The zero-order valence-electron chi connectivity index (χ0n) is 12.8. The second-order valence-electron chi connectivity index (χ2n) is 5.05. The summed E-state index contributed by atoms with van der Waals surface area (Å²) in [5.74, 6) is 0.294. The lowest BCUT2D eigenvalue weighted by atomic mass is 10.1. The van der Waals surface area contributed by atoms with E-state index < -0.39 is 5.91 Å². The highest BCUT2D eigenvalue weighted by molar-refractivity contribution is 6.30. The molecule has 2 rings (SSSR count). The average molecular weight is 333 g/mol. The van der Waals surface area contributed by atoms with Gasteiger partial charge in [-0.15, -0.1) is 0 Å². The Kier molecular flexibility index (Phi) is 5.60. The molecule has 0 spiro atoms. The molecule has 0 radical (unpaired) electrons. The molecule has 1 amide bonds. The van der Waals surface area contributed by atoms with E-state index in [-0.39, 0.29) is 12.4 Å². The van der Waals surface area contributed by atoms with Crippen LogP contribution in [-0.2, 0) is 4.79 Å². The van der Waals surface area contributed by atoms with Crippen LogP contribution in [0.3, 0.4) is 0 Å². The largest absolute Gasteiger partial charge is 0.507 e. The average Bonchev–Trinajstić information content (AvgIpc) is 2.48.